The second-order valence-electron chi connectivity index (χ2n) is 8.07. The van der Waals surface area contributed by atoms with Crippen LogP contribution in [0, 0.1) is 0 Å². The summed E-state index contributed by atoms with van der Waals surface area (Å²) >= 11 is 2.83. The zero-order chi connectivity index (χ0) is 25.4. The number of aliphatic carboxylic acids is 1. The number of nitrogens with zero attached hydrogens (tertiary/aromatic N) is 2. The van der Waals surface area contributed by atoms with Crippen molar-refractivity contribution in [2.45, 2.75) is 15.4 Å². The lowest BCUT2D eigenvalue weighted by Crippen LogP contribution is -2.43. The molecule has 0 unspecified atom stereocenters. The summed E-state index contributed by atoms with van der Waals surface area (Å²) in [5, 5.41) is 44.7. The first-order valence-corrected chi connectivity index (χ1v) is 12.7. The minimum Gasteiger partial charge on any atom is -0.504 e. The molecule has 0 radical (unpaired) electrons. The Labute approximate surface area is 213 Å². The number of carbonyl (C=O) groups is 1. The molecular formula is C24H22N4O6S2. The number of aliphatic hydroxyl groups excluding tert-OH is 1. The van der Waals surface area contributed by atoms with Gasteiger partial charge in [0.2, 0.25) is 5.71 Å². The molecule has 0 saturated carbocycles. The van der Waals surface area contributed by atoms with Gasteiger partial charge in [-0.2, -0.15) is 0 Å². The molecule has 0 spiro atoms. The van der Waals surface area contributed by atoms with E-state index in [4.69, 9.17) is 4.74 Å². The van der Waals surface area contributed by atoms with E-state index in [0.29, 0.717) is 28.2 Å². The normalized spacial score (nSPS) is 22.6. The molecule has 0 bridgehead atoms. The van der Waals surface area contributed by atoms with E-state index in [1.165, 1.54) is 36.7 Å². The number of nitrogens with one attached hydrogen (secondary N) is 2. The number of carboxylic acids is 1. The number of phenolic OH excluding ortho intramolecular Hbond substituents is 1. The summed E-state index contributed by atoms with van der Waals surface area (Å²) in [5.74, 6) is -0.389. The number of methoxy groups -OCH3 is 1. The van der Waals surface area contributed by atoms with Crippen LogP contribution in [0.15, 0.2) is 60.0 Å². The number of para-hydroxylation sites is 1. The molecule has 3 atom stereocenters. The molecule has 12 heteroatoms. The second-order valence-corrected chi connectivity index (χ2v) is 10.9. The number of thioether (sulfide) groups is 2. The average Bonchev–Trinajstić information content (AvgIpc) is 3.54. The number of phenols is 1. The third kappa shape index (κ3) is 3.77. The van der Waals surface area contributed by atoms with E-state index in [0.717, 1.165) is 5.39 Å². The highest BCUT2D eigenvalue weighted by Gasteiger charge is 2.51. The van der Waals surface area contributed by atoms with Gasteiger partial charge in [0.15, 0.2) is 11.5 Å². The van der Waals surface area contributed by atoms with Crippen LogP contribution in [-0.4, -0.2) is 66.1 Å². The van der Waals surface area contributed by atoms with Crippen LogP contribution in [0.5, 0.6) is 11.5 Å². The molecular weight excluding hydrogens is 504 g/mol. The van der Waals surface area contributed by atoms with Crippen molar-refractivity contribution < 1.29 is 30.1 Å². The molecule has 0 amide bonds. The van der Waals surface area contributed by atoms with Gasteiger partial charge >= 0.3 is 5.97 Å². The van der Waals surface area contributed by atoms with Crippen molar-refractivity contribution in [2.24, 2.45) is 5.16 Å². The summed E-state index contributed by atoms with van der Waals surface area (Å²) in [6.45, 7) is 0. The molecule has 2 aromatic carbocycles. The number of aromatic amines is 2. The maximum absolute atomic E-state index is 11.9. The van der Waals surface area contributed by atoms with Crippen molar-refractivity contribution in [1.82, 2.24) is 15.0 Å². The van der Waals surface area contributed by atoms with Crippen molar-refractivity contribution in [3.8, 4) is 11.5 Å². The minimum atomic E-state index is -1.38. The summed E-state index contributed by atoms with van der Waals surface area (Å²) in [4.78, 5) is 22.6. The Hall–Kier alpha value is -3.61. The van der Waals surface area contributed by atoms with E-state index in [-0.39, 0.29) is 17.2 Å². The maximum Gasteiger partial charge on any atom is 0.360 e. The number of aromatic nitrogens is 3. The summed E-state index contributed by atoms with van der Waals surface area (Å²) in [7, 11) is 1.45. The highest BCUT2D eigenvalue weighted by atomic mass is 32.2. The minimum absolute atomic E-state index is 0.0405. The SMILES string of the molecule is COc1cc([C@@]2(c3ncc[nH]3)S[C@@H](c3c(C(=NO)C(=O)O)[nH]c4ccccc34)SC[C@@H]2O)ccc1O. The van der Waals surface area contributed by atoms with Crippen LogP contribution in [0.2, 0.25) is 0 Å². The number of aliphatic hydroxyl groups is 1. The Morgan fingerprint density at radius 2 is 2.08 bits per heavy atom. The lowest BCUT2D eigenvalue weighted by atomic mass is 9.91. The number of fused-ring (bicyclic) bond motifs is 1. The molecule has 5 rings (SSSR count). The molecule has 6 N–H and O–H groups in total. The van der Waals surface area contributed by atoms with Crippen LogP contribution in [0.4, 0.5) is 0 Å². The van der Waals surface area contributed by atoms with Gasteiger partial charge in [0, 0.05) is 34.6 Å². The lowest BCUT2D eigenvalue weighted by molar-refractivity contribution is -0.129. The maximum atomic E-state index is 11.9. The molecule has 186 valence electrons. The van der Waals surface area contributed by atoms with Crippen LogP contribution >= 0.6 is 23.5 Å². The van der Waals surface area contributed by atoms with Gasteiger partial charge in [0.05, 0.1) is 23.5 Å². The largest absolute Gasteiger partial charge is 0.504 e. The summed E-state index contributed by atoms with van der Waals surface area (Å²) < 4.78 is 3.81. The number of rotatable bonds is 6. The highest BCUT2D eigenvalue weighted by molar-refractivity contribution is 8.17. The molecule has 1 saturated heterocycles. The number of ether oxygens (including phenoxy) is 1. The third-order valence-electron chi connectivity index (χ3n) is 6.15. The first-order chi connectivity index (χ1) is 17.4. The highest BCUT2D eigenvalue weighted by Crippen LogP contribution is 2.61. The monoisotopic (exact) mass is 526 g/mol. The number of aromatic hydroxyl groups is 1. The van der Waals surface area contributed by atoms with Crippen molar-refractivity contribution in [1.29, 1.82) is 0 Å². The van der Waals surface area contributed by atoms with Gasteiger partial charge in [0.25, 0.3) is 0 Å². The fourth-order valence-electron chi connectivity index (χ4n) is 4.50. The predicted molar refractivity (Wildman–Crippen MR) is 137 cm³/mol. The smallest absolute Gasteiger partial charge is 0.360 e. The quantitative estimate of drug-likeness (QED) is 0.125. The van der Waals surface area contributed by atoms with Gasteiger partial charge in [-0.25, -0.2) is 9.78 Å². The second kappa shape index (κ2) is 9.45. The van der Waals surface area contributed by atoms with Crippen LogP contribution in [-0.2, 0) is 9.54 Å². The fraction of sp³-hybridized carbons (Fsp3) is 0.208. The summed E-state index contributed by atoms with van der Waals surface area (Å²) in [6.07, 6.45) is 2.36. The van der Waals surface area contributed by atoms with Crippen LogP contribution in [0.25, 0.3) is 10.9 Å². The Kier molecular flexibility index (Phi) is 6.33. The van der Waals surface area contributed by atoms with Crippen molar-refractivity contribution in [3.05, 3.63) is 77.5 Å². The first kappa shape index (κ1) is 24.1. The predicted octanol–water partition coefficient (Wildman–Crippen LogP) is 3.65. The van der Waals surface area contributed by atoms with E-state index in [2.05, 4.69) is 20.1 Å². The molecule has 3 heterocycles. The van der Waals surface area contributed by atoms with Gasteiger partial charge in [0.1, 0.15) is 10.6 Å². The lowest BCUT2D eigenvalue weighted by Gasteiger charge is -2.43. The van der Waals surface area contributed by atoms with E-state index < -0.39 is 27.1 Å². The van der Waals surface area contributed by atoms with Gasteiger partial charge in [-0.15, -0.1) is 23.5 Å². The van der Waals surface area contributed by atoms with E-state index in [1.807, 2.05) is 24.3 Å². The van der Waals surface area contributed by atoms with Gasteiger partial charge < -0.3 is 35.2 Å². The zero-order valence-corrected chi connectivity index (χ0v) is 20.5. The molecule has 4 aromatic rings. The molecule has 10 nitrogen and oxygen atoms in total. The van der Waals surface area contributed by atoms with E-state index in [1.54, 1.807) is 24.5 Å². The van der Waals surface area contributed by atoms with Crippen LogP contribution in [0.3, 0.4) is 0 Å². The zero-order valence-electron chi connectivity index (χ0n) is 18.9. The van der Waals surface area contributed by atoms with Crippen LogP contribution in [0.1, 0.15) is 27.2 Å². The van der Waals surface area contributed by atoms with Crippen molar-refractivity contribution in [3.63, 3.8) is 0 Å². The van der Waals surface area contributed by atoms with Gasteiger partial charge in [-0.1, -0.05) is 29.4 Å². The summed E-state index contributed by atoms with van der Waals surface area (Å²) in [5.41, 5.74) is 1.63. The Morgan fingerprint density at radius 3 is 2.78 bits per heavy atom. The molecule has 36 heavy (non-hydrogen) atoms. The van der Waals surface area contributed by atoms with Crippen molar-refractivity contribution in [2.75, 3.05) is 12.9 Å². The third-order valence-corrected chi connectivity index (χ3v) is 9.41. The standard InChI is InChI=1S/C24H22N4O6S2/c1-34-16-10-12(6-7-15(16)29)24(23-25-8-9-26-23)17(30)11-35-22(36-24)18-13-4-2-3-5-14(13)27-19(18)20(28-33)21(31)32/h2-10,17,22,27,29-30,33H,11H2,1H3,(H,25,26)(H,31,32)/t17-,22-,24+/m0/s1. The van der Waals surface area contributed by atoms with Crippen molar-refractivity contribution >= 4 is 46.1 Å². The number of benzene rings is 2. The molecule has 1 aliphatic rings. The average molecular weight is 527 g/mol. The molecule has 0 aliphatic carbocycles. The summed E-state index contributed by atoms with van der Waals surface area (Å²) in [6, 6.07) is 12.2. The Bertz CT molecular complexity index is 1450. The topological polar surface area (TPSA) is 164 Å². The van der Waals surface area contributed by atoms with Gasteiger partial charge in [-0.05, 0) is 23.8 Å². The van der Waals surface area contributed by atoms with E-state index >= 15 is 0 Å². The molecule has 1 aliphatic heterocycles. The number of imidazole rings is 1. The van der Waals surface area contributed by atoms with E-state index in [9.17, 15) is 25.3 Å². The number of carboxylic acid groups (broad SMARTS) is 1. The van der Waals surface area contributed by atoms with Gasteiger partial charge in [-0.3, -0.25) is 0 Å². The Balaban J connectivity index is 1.72. The number of hydrogen-bond acceptors (Lipinski definition) is 9. The number of oxime groups is 1. The number of H-pyrrole nitrogens is 2. The first-order valence-electron chi connectivity index (χ1n) is 10.8. The van der Waals surface area contributed by atoms with Crippen LogP contribution < -0.4 is 4.74 Å². The Morgan fingerprint density at radius 1 is 1.28 bits per heavy atom. The molecule has 2 aromatic heterocycles. The number of hydrogen-bond donors (Lipinski definition) is 6. The molecule has 1 fully saturated rings. The fourth-order valence-corrected chi connectivity index (χ4v) is 8.02.